The molecule has 0 saturated heterocycles. The molecule has 2 aromatic heterocycles. The molecule has 0 N–H and O–H groups in total. The molecule has 0 atom stereocenters. The largest absolute Gasteiger partial charge is 0.334 e. The molecule has 2 heterocycles. The van der Waals surface area contributed by atoms with Gasteiger partial charge in [0, 0.05) is 18.8 Å². The number of aromatic nitrogens is 4. The van der Waals surface area contributed by atoms with Gasteiger partial charge in [-0.05, 0) is 12.8 Å². The standard InChI is InChI=1S/C10H12N4/c1-13-7-11-5-10(13)8-4-12-14(6-8)9-2-3-9/h4-7,9H,2-3H2,1H3. The van der Waals surface area contributed by atoms with Gasteiger partial charge < -0.3 is 4.57 Å². The van der Waals surface area contributed by atoms with Gasteiger partial charge in [0.25, 0.3) is 0 Å². The first kappa shape index (κ1) is 7.79. The Morgan fingerprint density at radius 3 is 2.86 bits per heavy atom. The van der Waals surface area contributed by atoms with Gasteiger partial charge in [0.2, 0.25) is 0 Å². The highest BCUT2D eigenvalue weighted by Crippen LogP contribution is 2.35. The third-order valence-electron chi connectivity index (χ3n) is 2.63. The molecule has 4 nitrogen and oxygen atoms in total. The topological polar surface area (TPSA) is 35.6 Å². The lowest BCUT2D eigenvalue weighted by molar-refractivity contribution is 0.641. The first-order chi connectivity index (χ1) is 6.84. The summed E-state index contributed by atoms with van der Waals surface area (Å²) in [6.45, 7) is 0. The van der Waals surface area contributed by atoms with E-state index in [4.69, 9.17) is 0 Å². The van der Waals surface area contributed by atoms with Crippen molar-refractivity contribution in [2.24, 2.45) is 7.05 Å². The lowest BCUT2D eigenvalue weighted by atomic mass is 10.3. The zero-order chi connectivity index (χ0) is 9.54. The van der Waals surface area contributed by atoms with Gasteiger partial charge >= 0.3 is 0 Å². The van der Waals surface area contributed by atoms with Gasteiger partial charge in [0.05, 0.1) is 30.5 Å². The second kappa shape index (κ2) is 2.70. The number of hydrogen-bond acceptors (Lipinski definition) is 2. The summed E-state index contributed by atoms with van der Waals surface area (Å²) in [6.07, 6.45) is 10.2. The third-order valence-corrected chi connectivity index (χ3v) is 2.63. The van der Waals surface area contributed by atoms with Gasteiger partial charge in [-0.3, -0.25) is 4.68 Å². The van der Waals surface area contributed by atoms with E-state index < -0.39 is 0 Å². The molecule has 1 aliphatic carbocycles. The van der Waals surface area contributed by atoms with Crippen LogP contribution in [0.5, 0.6) is 0 Å². The average molecular weight is 188 g/mol. The van der Waals surface area contributed by atoms with Crippen molar-refractivity contribution < 1.29 is 0 Å². The Morgan fingerprint density at radius 1 is 1.36 bits per heavy atom. The van der Waals surface area contributed by atoms with Crippen molar-refractivity contribution in [2.45, 2.75) is 18.9 Å². The first-order valence-electron chi connectivity index (χ1n) is 4.85. The Morgan fingerprint density at radius 2 is 2.21 bits per heavy atom. The molecule has 2 aromatic rings. The van der Waals surface area contributed by atoms with Crippen LogP contribution in [-0.4, -0.2) is 19.3 Å². The highest BCUT2D eigenvalue weighted by molar-refractivity contribution is 5.56. The Kier molecular flexibility index (Phi) is 1.50. The first-order valence-corrected chi connectivity index (χ1v) is 4.85. The summed E-state index contributed by atoms with van der Waals surface area (Å²) in [5, 5.41) is 4.35. The van der Waals surface area contributed by atoms with E-state index in [1.54, 1.807) is 0 Å². The zero-order valence-electron chi connectivity index (χ0n) is 8.09. The summed E-state index contributed by atoms with van der Waals surface area (Å²) in [7, 11) is 2.00. The number of hydrogen-bond donors (Lipinski definition) is 0. The molecule has 3 rings (SSSR count). The number of rotatable bonds is 2. The molecule has 1 fully saturated rings. The number of aryl methyl sites for hydroxylation is 1. The zero-order valence-corrected chi connectivity index (χ0v) is 8.09. The summed E-state index contributed by atoms with van der Waals surface area (Å²) in [6, 6.07) is 0.650. The molecule has 0 unspecified atom stereocenters. The van der Waals surface area contributed by atoms with Gasteiger partial charge in [-0.15, -0.1) is 0 Å². The Hall–Kier alpha value is -1.58. The van der Waals surface area contributed by atoms with Gasteiger partial charge in [-0.25, -0.2) is 4.98 Å². The van der Waals surface area contributed by atoms with Crippen molar-refractivity contribution in [1.82, 2.24) is 19.3 Å². The molecule has 1 aliphatic rings. The van der Waals surface area contributed by atoms with Crippen LogP contribution in [0.1, 0.15) is 18.9 Å². The van der Waals surface area contributed by atoms with Crippen molar-refractivity contribution in [3.8, 4) is 11.3 Å². The van der Waals surface area contributed by atoms with Crippen LogP contribution in [0.4, 0.5) is 0 Å². The van der Waals surface area contributed by atoms with E-state index in [-0.39, 0.29) is 0 Å². The van der Waals surface area contributed by atoms with E-state index in [1.165, 1.54) is 12.8 Å². The molecular weight excluding hydrogens is 176 g/mol. The fraction of sp³-hybridized carbons (Fsp3) is 0.400. The fourth-order valence-electron chi connectivity index (χ4n) is 1.64. The molecule has 0 radical (unpaired) electrons. The summed E-state index contributed by atoms with van der Waals surface area (Å²) < 4.78 is 4.07. The van der Waals surface area contributed by atoms with Crippen LogP contribution >= 0.6 is 0 Å². The average Bonchev–Trinajstić information content (AvgIpc) is 2.75. The lowest BCUT2D eigenvalue weighted by Crippen LogP contribution is -1.92. The van der Waals surface area contributed by atoms with E-state index in [0.717, 1.165) is 11.3 Å². The highest BCUT2D eigenvalue weighted by atomic mass is 15.3. The Balaban J connectivity index is 1.99. The van der Waals surface area contributed by atoms with Gasteiger partial charge in [0.1, 0.15) is 0 Å². The molecule has 0 amide bonds. The molecule has 1 saturated carbocycles. The summed E-state index contributed by atoms with van der Waals surface area (Å²) in [5.74, 6) is 0. The minimum atomic E-state index is 0.650. The van der Waals surface area contributed by atoms with Crippen molar-refractivity contribution in [2.75, 3.05) is 0 Å². The molecule has 0 aliphatic heterocycles. The summed E-state index contributed by atoms with van der Waals surface area (Å²) in [4.78, 5) is 4.09. The van der Waals surface area contributed by atoms with E-state index in [2.05, 4.69) is 21.0 Å². The molecule has 0 spiro atoms. The normalized spacial score (nSPS) is 16.1. The molecule has 0 bridgehead atoms. The second-order valence-corrected chi connectivity index (χ2v) is 3.83. The van der Waals surface area contributed by atoms with Crippen LogP contribution < -0.4 is 0 Å². The van der Waals surface area contributed by atoms with Crippen LogP contribution in [0.15, 0.2) is 24.9 Å². The predicted octanol–water partition coefficient (Wildman–Crippen LogP) is 1.62. The Bertz CT molecular complexity index is 450. The highest BCUT2D eigenvalue weighted by Gasteiger charge is 2.24. The monoisotopic (exact) mass is 188 g/mol. The molecule has 72 valence electrons. The van der Waals surface area contributed by atoms with Crippen LogP contribution in [0, 0.1) is 0 Å². The molecule has 4 heteroatoms. The van der Waals surface area contributed by atoms with Crippen LogP contribution in [0.2, 0.25) is 0 Å². The van der Waals surface area contributed by atoms with Gasteiger partial charge in [-0.1, -0.05) is 0 Å². The van der Waals surface area contributed by atoms with Gasteiger partial charge in [0.15, 0.2) is 0 Å². The van der Waals surface area contributed by atoms with Crippen molar-refractivity contribution in [3.05, 3.63) is 24.9 Å². The molecule has 0 aromatic carbocycles. The molecular formula is C10H12N4. The van der Waals surface area contributed by atoms with E-state index in [1.807, 2.05) is 30.3 Å². The Labute approximate surface area is 82.2 Å². The maximum absolute atomic E-state index is 4.35. The van der Waals surface area contributed by atoms with Crippen LogP contribution in [0.3, 0.4) is 0 Å². The maximum Gasteiger partial charge on any atom is 0.0948 e. The lowest BCUT2D eigenvalue weighted by Gasteiger charge is -1.97. The minimum Gasteiger partial charge on any atom is -0.334 e. The molecule has 14 heavy (non-hydrogen) atoms. The van der Waals surface area contributed by atoms with E-state index in [9.17, 15) is 0 Å². The predicted molar refractivity (Wildman–Crippen MR) is 52.7 cm³/mol. The third kappa shape index (κ3) is 1.14. The number of imidazole rings is 1. The quantitative estimate of drug-likeness (QED) is 0.717. The van der Waals surface area contributed by atoms with E-state index in [0.29, 0.717) is 6.04 Å². The summed E-state index contributed by atoms with van der Waals surface area (Å²) in [5.41, 5.74) is 2.27. The SMILES string of the molecule is Cn1cncc1-c1cnn(C2CC2)c1. The van der Waals surface area contributed by atoms with Crippen LogP contribution in [0.25, 0.3) is 11.3 Å². The number of nitrogens with zero attached hydrogens (tertiary/aromatic N) is 4. The minimum absolute atomic E-state index is 0.650. The van der Waals surface area contributed by atoms with E-state index >= 15 is 0 Å². The fourth-order valence-corrected chi connectivity index (χ4v) is 1.64. The smallest absolute Gasteiger partial charge is 0.0948 e. The van der Waals surface area contributed by atoms with Crippen molar-refractivity contribution in [3.63, 3.8) is 0 Å². The maximum atomic E-state index is 4.35. The summed E-state index contributed by atoms with van der Waals surface area (Å²) >= 11 is 0. The van der Waals surface area contributed by atoms with Gasteiger partial charge in [-0.2, -0.15) is 5.10 Å². The van der Waals surface area contributed by atoms with Crippen molar-refractivity contribution >= 4 is 0 Å². The van der Waals surface area contributed by atoms with Crippen LogP contribution in [-0.2, 0) is 7.05 Å². The second-order valence-electron chi connectivity index (χ2n) is 3.83. The van der Waals surface area contributed by atoms with Crippen molar-refractivity contribution in [1.29, 1.82) is 0 Å².